The van der Waals surface area contributed by atoms with Crippen molar-refractivity contribution in [3.8, 4) is 5.75 Å². The molecule has 27 heavy (non-hydrogen) atoms. The zero-order valence-electron chi connectivity index (χ0n) is 15.3. The van der Waals surface area contributed by atoms with E-state index in [0.717, 1.165) is 11.3 Å². The number of carbonyl (C=O) groups excluding carboxylic acids is 1. The van der Waals surface area contributed by atoms with E-state index in [1.54, 1.807) is 12.1 Å². The van der Waals surface area contributed by atoms with Crippen LogP contribution in [0.15, 0.2) is 48.5 Å². The van der Waals surface area contributed by atoms with Crippen LogP contribution in [-0.2, 0) is 11.4 Å². The fourth-order valence-electron chi connectivity index (χ4n) is 3.39. The highest BCUT2D eigenvalue weighted by molar-refractivity contribution is 5.81. The van der Waals surface area contributed by atoms with Crippen LogP contribution >= 0.6 is 0 Å². The molecule has 0 atom stereocenters. The van der Waals surface area contributed by atoms with Crippen molar-refractivity contribution < 1.29 is 13.9 Å². The number of anilines is 1. The molecular formula is C22H25FN2O2. The lowest BCUT2D eigenvalue weighted by atomic mass is 10.1. The van der Waals surface area contributed by atoms with Gasteiger partial charge in [0.2, 0.25) is 5.91 Å². The van der Waals surface area contributed by atoms with Crippen molar-refractivity contribution in [1.82, 2.24) is 5.32 Å². The van der Waals surface area contributed by atoms with E-state index in [0.29, 0.717) is 30.2 Å². The number of amides is 1. The van der Waals surface area contributed by atoms with Gasteiger partial charge in [-0.2, -0.15) is 0 Å². The third kappa shape index (κ3) is 5.22. The van der Waals surface area contributed by atoms with E-state index in [2.05, 4.69) is 10.6 Å². The monoisotopic (exact) mass is 368 g/mol. The van der Waals surface area contributed by atoms with Gasteiger partial charge in [0.15, 0.2) is 0 Å². The van der Waals surface area contributed by atoms with Crippen molar-refractivity contribution in [1.29, 1.82) is 0 Å². The predicted molar refractivity (Wildman–Crippen MR) is 103 cm³/mol. The molecule has 0 unspecified atom stereocenters. The molecule has 2 N–H and O–H groups in total. The SMILES string of the molecule is O=C(CNc1cccc(OCc2ccc(F)cc2)c1)NC(C1CC1)C1CC1. The van der Waals surface area contributed by atoms with Crippen LogP contribution in [0.1, 0.15) is 31.2 Å². The summed E-state index contributed by atoms with van der Waals surface area (Å²) in [5.74, 6) is 1.90. The molecule has 2 aliphatic carbocycles. The molecule has 0 heterocycles. The Morgan fingerprint density at radius 3 is 2.44 bits per heavy atom. The summed E-state index contributed by atoms with van der Waals surface area (Å²) < 4.78 is 18.7. The van der Waals surface area contributed by atoms with Gasteiger partial charge < -0.3 is 15.4 Å². The molecule has 2 aromatic carbocycles. The summed E-state index contributed by atoms with van der Waals surface area (Å²) in [6.07, 6.45) is 5.01. The molecule has 2 aliphatic rings. The topological polar surface area (TPSA) is 50.4 Å². The quantitative estimate of drug-likeness (QED) is 0.700. The van der Waals surface area contributed by atoms with Crippen LogP contribution in [0.5, 0.6) is 5.75 Å². The van der Waals surface area contributed by atoms with Crippen molar-refractivity contribution in [2.75, 3.05) is 11.9 Å². The van der Waals surface area contributed by atoms with Crippen molar-refractivity contribution in [2.45, 2.75) is 38.3 Å². The van der Waals surface area contributed by atoms with Gasteiger partial charge >= 0.3 is 0 Å². The Kier molecular flexibility index (Phi) is 5.28. The minimum absolute atomic E-state index is 0.0523. The number of hydrogen-bond acceptors (Lipinski definition) is 3. The molecule has 0 bridgehead atoms. The van der Waals surface area contributed by atoms with Crippen molar-refractivity contribution in [3.05, 3.63) is 59.9 Å². The number of ether oxygens (including phenoxy) is 1. The van der Waals surface area contributed by atoms with Gasteiger partial charge in [0.25, 0.3) is 0 Å². The molecule has 0 aromatic heterocycles. The number of nitrogens with one attached hydrogen (secondary N) is 2. The zero-order chi connectivity index (χ0) is 18.6. The summed E-state index contributed by atoms with van der Waals surface area (Å²) in [6.45, 7) is 0.631. The van der Waals surface area contributed by atoms with Crippen LogP contribution in [0.2, 0.25) is 0 Å². The van der Waals surface area contributed by atoms with Gasteiger partial charge in [-0.1, -0.05) is 18.2 Å². The lowest BCUT2D eigenvalue weighted by Gasteiger charge is -2.18. The average molecular weight is 368 g/mol. The Bertz CT molecular complexity index is 773. The molecule has 4 nitrogen and oxygen atoms in total. The van der Waals surface area contributed by atoms with Gasteiger partial charge in [-0.05, 0) is 67.3 Å². The van der Waals surface area contributed by atoms with E-state index in [9.17, 15) is 9.18 Å². The maximum Gasteiger partial charge on any atom is 0.239 e. The normalized spacial score (nSPS) is 16.2. The van der Waals surface area contributed by atoms with Gasteiger partial charge in [-0.15, -0.1) is 0 Å². The highest BCUT2D eigenvalue weighted by Crippen LogP contribution is 2.44. The largest absolute Gasteiger partial charge is 0.489 e. The lowest BCUT2D eigenvalue weighted by Crippen LogP contribution is -2.41. The minimum Gasteiger partial charge on any atom is -0.489 e. The van der Waals surface area contributed by atoms with Gasteiger partial charge in [0, 0.05) is 17.8 Å². The Labute approximate surface area is 159 Å². The summed E-state index contributed by atoms with van der Waals surface area (Å²) in [6, 6.07) is 14.2. The van der Waals surface area contributed by atoms with E-state index in [4.69, 9.17) is 4.74 Å². The fraction of sp³-hybridized carbons (Fsp3) is 0.409. The minimum atomic E-state index is -0.256. The zero-order valence-corrected chi connectivity index (χ0v) is 15.3. The fourth-order valence-corrected chi connectivity index (χ4v) is 3.39. The maximum absolute atomic E-state index is 12.9. The highest BCUT2D eigenvalue weighted by atomic mass is 19.1. The van der Waals surface area contributed by atoms with Crippen LogP contribution in [0.4, 0.5) is 10.1 Å². The third-order valence-electron chi connectivity index (χ3n) is 5.19. The van der Waals surface area contributed by atoms with Crippen molar-refractivity contribution in [2.24, 2.45) is 11.8 Å². The van der Waals surface area contributed by atoms with Crippen molar-refractivity contribution in [3.63, 3.8) is 0 Å². The molecule has 4 rings (SSSR count). The first kappa shape index (κ1) is 17.8. The van der Waals surface area contributed by atoms with Crippen LogP contribution in [0.25, 0.3) is 0 Å². The van der Waals surface area contributed by atoms with E-state index in [1.807, 2.05) is 24.3 Å². The molecule has 142 valence electrons. The standard InChI is InChI=1S/C22H25FN2O2/c23-18-10-4-15(5-11-18)14-27-20-3-1-2-19(12-20)24-13-21(26)25-22(16-6-7-16)17-8-9-17/h1-5,10-12,16-17,22,24H,6-9,13-14H2,(H,25,26). The van der Waals surface area contributed by atoms with E-state index in [1.165, 1.54) is 37.8 Å². The Morgan fingerprint density at radius 1 is 1.07 bits per heavy atom. The van der Waals surface area contributed by atoms with Crippen LogP contribution in [0.3, 0.4) is 0 Å². The molecule has 1 amide bonds. The maximum atomic E-state index is 12.9. The van der Waals surface area contributed by atoms with Crippen LogP contribution < -0.4 is 15.4 Å². The molecule has 0 aliphatic heterocycles. The van der Waals surface area contributed by atoms with Crippen LogP contribution in [-0.4, -0.2) is 18.5 Å². The molecular weight excluding hydrogens is 343 g/mol. The Balaban J connectivity index is 1.25. The highest BCUT2D eigenvalue weighted by Gasteiger charge is 2.42. The predicted octanol–water partition coefficient (Wildman–Crippen LogP) is 4.12. The summed E-state index contributed by atoms with van der Waals surface area (Å²) in [5.41, 5.74) is 1.75. The first-order chi connectivity index (χ1) is 13.2. The van der Waals surface area contributed by atoms with Gasteiger partial charge in [0.1, 0.15) is 18.2 Å². The third-order valence-corrected chi connectivity index (χ3v) is 5.19. The number of hydrogen-bond donors (Lipinski definition) is 2. The van der Waals surface area contributed by atoms with Gasteiger partial charge in [-0.25, -0.2) is 4.39 Å². The second-order valence-corrected chi connectivity index (χ2v) is 7.56. The summed E-state index contributed by atoms with van der Waals surface area (Å²) in [7, 11) is 0. The Hall–Kier alpha value is -2.56. The lowest BCUT2D eigenvalue weighted by molar-refractivity contribution is -0.120. The number of rotatable bonds is 9. The molecule has 5 heteroatoms. The molecule has 2 fully saturated rings. The van der Waals surface area contributed by atoms with Gasteiger partial charge in [0.05, 0.1) is 6.54 Å². The molecule has 2 aromatic rings. The number of carbonyl (C=O) groups is 1. The molecule has 0 spiro atoms. The average Bonchev–Trinajstić information content (AvgIpc) is 3.57. The first-order valence-corrected chi connectivity index (χ1v) is 9.68. The van der Waals surface area contributed by atoms with Crippen LogP contribution in [0, 0.1) is 17.7 Å². The second kappa shape index (κ2) is 7.99. The molecule has 0 saturated heterocycles. The van der Waals surface area contributed by atoms with E-state index >= 15 is 0 Å². The van der Waals surface area contributed by atoms with Gasteiger partial charge in [-0.3, -0.25) is 4.79 Å². The summed E-state index contributed by atoms with van der Waals surface area (Å²) >= 11 is 0. The first-order valence-electron chi connectivity index (χ1n) is 9.68. The number of halogens is 1. The Morgan fingerprint density at radius 2 is 1.78 bits per heavy atom. The van der Waals surface area contributed by atoms with Crippen molar-refractivity contribution >= 4 is 11.6 Å². The number of benzene rings is 2. The molecule has 0 radical (unpaired) electrons. The smallest absolute Gasteiger partial charge is 0.239 e. The summed E-state index contributed by atoms with van der Waals surface area (Å²) in [4.78, 5) is 12.3. The van der Waals surface area contributed by atoms with E-state index in [-0.39, 0.29) is 18.3 Å². The molecule has 2 saturated carbocycles. The second-order valence-electron chi connectivity index (χ2n) is 7.56. The summed E-state index contributed by atoms with van der Waals surface area (Å²) in [5, 5.41) is 6.39. The van der Waals surface area contributed by atoms with E-state index < -0.39 is 0 Å².